The number of hydrogen-bond donors (Lipinski definition) is 3. The maximum absolute atomic E-state index is 12.6. The topological polar surface area (TPSA) is 120 Å². The Bertz CT molecular complexity index is 917. The number of nitrogens with one attached hydrogen (secondary N) is 1. The summed E-state index contributed by atoms with van der Waals surface area (Å²) < 4.78 is 10.6. The summed E-state index contributed by atoms with van der Waals surface area (Å²) in [7, 11) is 1.49. The Kier molecular flexibility index (Phi) is 8.60. The van der Waals surface area contributed by atoms with E-state index in [4.69, 9.17) is 32.5 Å². The molecule has 0 aliphatic carbocycles. The maximum atomic E-state index is 12.6. The van der Waals surface area contributed by atoms with E-state index in [0.717, 1.165) is 37.4 Å². The Morgan fingerprint density at radius 2 is 2.09 bits per heavy atom. The summed E-state index contributed by atoms with van der Waals surface area (Å²) in [4.78, 5) is 27.2. The molecule has 1 unspecified atom stereocenters. The summed E-state index contributed by atoms with van der Waals surface area (Å²) >= 11 is 7.62. The van der Waals surface area contributed by atoms with E-state index >= 15 is 0 Å². The minimum atomic E-state index is -0.753. The van der Waals surface area contributed by atoms with E-state index < -0.39 is 6.09 Å². The highest BCUT2D eigenvalue weighted by Gasteiger charge is 2.23. The van der Waals surface area contributed by atoms with Gasteiger partial charge in [-0.15, -0.1) is 11.3 Å². The summed E-state index contributed by atoms with van der Waals surface area (Å²) in [5.41, 5.74) is 11.8. The van der Waals surface area contributed by atoms with E-state index in [2.05, 4.69) is 10.2 Å². The number of methoxy groups -OCH3 is 1. The molecule has 1 aromatic carbocycles. The number of rotatable bonds is 9. The molecule has 0 radical (unpaired) electrons. The summed E-state index contributed by atoms with van der Waals surface area (Å²) in [6.07, 6.45) is 1.58. The SMILES string of the molecule is COc1cc(N)c(Cl)cc1C(=O)NCC1CCN(CCC(OC(N)=O)c2cccs2)CC1. The molecule has 0 saturated carbocycles. The molecule has 1 fully saturated rings. The third-order valence-corrected chi connectivity index (χ3v) is 6.94. The van der Waals surface area contributed by atoms with Gasteiger partial charge in [-0.1, -0.05) is 17.7 Å². The van der Waals surface area contributed by atoms with E-state index in [1.165, 1.54) is 13.2 Å². The maximum Gasteiger partial charge on any atom is 0.405 e. The Labute approximate surface area is 196 Å². The number of amides is 2. The molecule has 1 atom stereocenters. The first-order chi connectivity index (χ1) is 15.4. The smallest absolute Gasteiger partial charge is 0.405 e. The van der Waals surface area contributed by atoms with Crippen molar-refractivity contribution in [1.82, 2.24) is 10.2 Å². The molecule has 32 heavy (non-hydrogen) atoms. The highest BCUT2D eigenvalue weighted by molar-refractivity contribution is 7.10. The average molecular weight is 481 g/mol. The summed E-state index contributed by atoms with van der Waals surface area (Å²) in [5, 5.41) is 5.27. The predicted molar refractivity (Wildman–Crippen MR) is 126 cm³/mol. The van der Waals surface area contributed by atoms with Crippen LogP contribution in [0.2, 0.25) is 5.02 Å². The molecule has 2 aromatic rings. The van der Waals surface area contributed by atoms with Crippen molar-refractivity contribution < 1.29 is 19.1 Å². The van der Waals surface area contributed by atoms with E-state index in [-0.39, 0.29) is 12.0 Å². The monoisotopic (exact) mass is 480 g/mol. The normalized spacial score (nSPS) is 15.8. The van der Waals surface area contributed by atoms with Gasteiger partial charge >= 0.3 is 6.09 Å². The van der Waals surface area contributed by atoms with E-state index in [1.54, 1.807) is 17.4 Å². The van der Waals surface area contributed by atoms with E-state index in [0.29, 0.717) is 40.9 Å². The molecule has 174 valence electrons. The second kappa shape index (κ2) is 11.4. The van der Waals surface area contributed by atoms with E-state index in [1.807, 2.05) is 17.5 Å². The van der Waals surface area contributed by atoms with Gasteiger partial charge in [-0.05, 0) is 49.4 Å². The van der Waals surface area contributed by atoms with Crippen molar-refractivity contribution in [2.75, 3.05) is 39.0 Å². The number of anilines is 1. The molecule has 1 aromatic heterocycles. The van der Waals surface area contributed by atoms with Crippen LogP contribution in [0.4, 0.5) is 10.5 Å². The van der Waals surface area contributed by atoms with Crippen LogP contribution < -0.4 is 21.5 Å². The summed E-state index contributed by atoms with van der Waals surface area (Å²) in [6, 6.07) is 6.98. The molecule has 8 nitrogen and oxygen atoms in total. The zero-order chi connectivity index (χ0) is 23.1. The van der Waals surface area contributed by atoms with Crippen LogP contribution in [-0.4, -0.2) is 50.2 Å². The van der Waals surface area contributed by atoms with Crippen LogP contribution in [0.3, 0.4) is 0 Å². The minimum absolute atomic E-state index is 0.228. The lowest BCUT2D eigenvalue weighted by Crippen LogP contribution is -2.39. The Morgan fingerprint density at radius 3 is 2.72 bits per heavy atom. The highest BCUT2D eigenvalue weighted by Crippen LogP contribution is 2.29. The Balaban J connectivity index is 1.44. The third-order valence-electron chi connectivity index (χ3n) is 5.65. The van der Waals surface area contributed by atoms with Gasteiger partial charge in [-0.25, -0.2) is 4.79 Å². The van der Waals surface area contributed by atoms with Crippen molar-refractivity contribution >= 4 is 40.6 Å². The molecule has 3 rings (SSSR count). The zero-order valence-electron chi connectivity index (χ0n) is 18.0. The summed E-state index contributed by atoms with van der Waals surface area (Å²) in [6.45, 7) is 3.24. The number of nitrogens with two attached hydrogens (primary N) is 2. The average Bonchev–Trinajstić information content (AvgIpc) is 3.32. The predicted octanol–water partition coefficient (Wildman–Crippen LogP) is 3.66. The van der Waals surface area contributed by atoms with Gasteiger partial charge < -0.3 is 31.2 Å². The lowest BCUT2D eigenvalue weighted by atomic mass is 9.96. The van der Waals surface area contributed by atoms with Crippen molar-refractivity contribution in [2.45, 2.75) is 25.4 Å². The molecule has 0 bridgehead atoms. The minimum Gasteiger partial charge on any atom is -0.496 e. The fourth-order valence-electron chi connectivity index (χ4n) is 3.84. The number of benzene rings is 1. The third kappa shape index (κ3) is 6.51. The number of piperidine rings is 1. The van der Waals surface area contributed by atoms with Gasteiger partial charge in [0.1, 0.15) is 11.9 Å². The number of likely N-dealkylation sites (tertiary alicyclic amines) is 1. The number of nitrogen functional groups attached to an aromatic ring is 1. The highest BCUT2D eigenvalue weighted by atomic mass is 35.5. The fourth-order valence-corrected chi connectivity index (χ4v) is 4.79. The second-order valence-electron chi connectivity index (χ2n) is 7.80. The number of carbonyl (C=O) groups is 2. The molecule has 2 heterocycles. The van der Waals surface area contributed by atoms with Crippen LogP contribution >= 0.6 is 22.9 Å². The second-order valence-corrected chi connectivity index (χ2v) is 9.19. The van der Waals surface area contributed by atoms with Gasteiger partial charge in [0, 0.05) is 30.5 Å². The molecule has 10 heteroatoms. The lowest BCUT2D eigenvalue weighted by Gasteiger charge is -2.32. The van der Waals surface area contributed by atoms with Gasteiger partial charge in [-0.3, -0.25) is 4.79 Å². The molecule has 2 amide bonds. The standard InChI is InChI=1S/C22H29ClN4O4S/c1-30-19-12-17(24)16(23)11-15(19)21(28)26-13-14-4-7-27(8-5-14)9-6-18(31-22(25)29)20-3-2-10-32-20/h2-3,10-12,14,18H,4-9,13,24H2,1H3,(H2,25,29)(H,26,28). The first kappa shape index (κ1) is 24.2. The quantitative estimate of drug-likeness (QED) is 0.471. The van der Waals surface area contributed by atoms with Gasteiger partial charge in [0.25, 0.3) is 5.91 Å². The molecule has 1 aliphatic rings. The van der Waals surface area contributed by atoms with Crippen molar-refractivity contribution in [2.24, 2.45) is 11.7 Å². The number of halogens is 1. The molecule has 1 aliphatic heterocycles. The van der Waals surface area contributed by atoms with E-state index in [9.17, 15) is 9.59 Å². The van der Waals surface area contributed by atoms with Crippen LogP contribution in [-0.2, 0) is 4.74 Å². The number of carbonyl (C=O) groups excluding carboxylic acids is 2. The molecule has 0 spiro atoms. The Hall–Kier alpha value is -2.49. The van der Waals surface area contributed by atoms with Crippen molar-refractivity contribution in [3.8, 4) is 5.75 Å². The van der Waals surface area contributed by atoms with Crippen LogP contribution in [0, 0.1) is 5.92 Å². The number of ether oxygens (including phenoxy) is 2. The molecule has 1 saturated heterocycles. The van der Waals surface area contributed by atoms with Crippen LogP contribution in [0.5, 0.6) is 5.75 Å². The summed E-state index contributed by atoms with van der Waals surface area (Å²) in [5.74, 6) is 0.562. The zero-order valence-corrected chi connectivity index (χ0v) is 19.6. The van der Waals surface area contributed by atoms with Crippen LogP contribution in [0.15, 0.2) is 29.6 Å². The largest absolute Gasteiger partial charge is 0.496 e. The van der Waals surface area contributed by atoms with Gasteiger partial charge in [-0.2, -0.15) is 0 Å². The van der Waals surface area contributed by atoms with Gasteiger partial charge in [0.2, 0.25) is 0 Å². The number of primary amides is 1. The first-order valence-corrected chi connectivity index (χ1v) is 11.8. The van der Waals surface area contributed by atoms with Crippen molar-refractivity contribution in [3.63, 3.8) is 0 Å². The van der Waals surface area contributed by atoms with Crippen molar-refractivity contribution in [1.29, 1.82) is 0 Å². The number of thiophene rings is 1. The first-order valence-electron chi connectivity index (χ1n) is 10.5. The van der Waals surface area contributed by atoms with Gasteiger partial charge in [0.15, 0.2) is 0 Å². The fraction of sp³-hybridized carbons (Fsp3) is 0.455. The van der Waals surface area contributed by atoms with Gasteiger partial charge in [0.05, 0.1) is 23.4 Å². The van der Waals surface area contributed by atoms with Crippen LogP contribution in [0.1, 0.15) is 40.6 Å². The molecular weight excluding hydrogens is 452 g/mol. The molecule has 5 N–H and O–H groups in total. The van der Waals surface area contributed by atoms with Crippen molar-refractivity contribution in [3.05, 3.63) is 45.1 Å². The Morgan fingerprint density at radius 1 is 1.34 bits per heavy atom. The number of nitrogens with zero attached hydrogens (tertiary/aromatic N) is 1. The lowest BCUT2D eigenvalue weighted by molar-refractivity contribution is 0.0855. The van der Waals surface area contributed by atoms with Crippen LogP contribution in [0.25, 0.3) is 0 Å². The molecular formula is C22H29ClN4O4S. The number of hydrogen-bond acceptors (Lipinski definition) is 7.